The van der Waals surface area contributed by atoms with Crippen LogP contribution in [0, 0.1) is 5.82 Å². The van der Waals surface area contributed by atoms with Crippen molar-refractivity contribution in [3.8, 4) is 11.6 Å². The SMILES string of the molecule is CN(C)c1cccc(C(=O)N/N=C\c2ccc(Oc3nc(Cl)ncc3F)cc2)c1. The fourth-order valence-corrected chi connectivity index (χ4v) is 2.42. The van der Waals surface area contributed by atoms with Crippen molar-refractivity contribution in [1.29, 1.82) is 0 Å². The number of ether oxygens (including phenoxy) is 1. The molecular weight excluding hydrogens is 397 g/mol. The lowest BCUT2D eigenvalue weighted by molar-refractivity contribution is 0.0955. The van der Waals surface area contributed by atoms with Crippen molar-refractivity contribution in [2.75, 3.05) is 19.0 Å². The van der Waals surface area contributed by atoms with E-state index < -0.39 is 5.82 Å². The molecule has 0 aliphatic carbocycles. The highest BCUT2D eigenvalue weighted by atomic mass is 35.5. The van der Waals surface area contributed by atoms with E-state index in [0.717, 1.165) is 11.9 Å². The summed E-state index contributed by atoms with van der Waals surface area (Å²) in [6.45, 7) is 0. The molecule has 0 saturated carbocycles. The minimum absolute atomic E-state index is 0.114. The summed E-state index contributed by atoms with van der Waals surface area (Å²) in [6, 6.07) is 13.8. The number of hydrogen-bond acceptors (Lipinski definition) is 6. The maximum absolute atomic E-state index is 13.6. The number of aromatic nitrogens is 2. The second-order valence-electron chi connectivity index (χ2n) is 6.11. The summed E-state index contributed by atoms with van der Waals surface area (Å²) < 4.78 is 19.0. The Hall–Kier alpha value is -3.52. The van der Waals surface area contributed by atoms with Crippen LogP contribution in [-0.2, 0) is 0 Å². The predicted octanol–water partition coefficient (Wildman–Crippen LogP) is 3.89. The third-order valence-electron chi connectivity index (χ3n) is 3.78. The second kappa shape index (κ2) is 9.11. The normalized spacial score (nSPS) is 10.8. The summed E-state index contributed by atoms with van der Waals surface area (Å²) in [6.07, 6.45) is 2.42. The number of nitrogens with one attached hydrogen (secondary N) is 1. The van der Waals surface area contributed by atoms with Gasteiger partial charge >= 0.3 is 0 Å². The van der Waals surface area contributed by atoms with Crippen LogP contribution in [0.3, 0.4) is 0 Å². The molecule has 0 fully saturated rings. The first kappa shape index (κ1) is 20.2. The van der Waals surface area contributed by atoms with Gasteiger partial charge in [-0.25, -0.2) is 10.4 Å². The molecule has 1 amide bonds. The van der Waals surface area contributed by atoms with Crippen molar-refractivity contribution in [1.82, 2.24) is 15.4 Å². The fourth-order valence-electron chi connectivity index (χ4n) is 2.29. The van der Waals surface area contributed by atoms with Gasteiger partial charge in [-0.15, -0.1) is 0 Å². The molecule has 2 aromatic carbocycles. The lowest BCUT2D eigenvalue weighted by atomic mass is 10.2. The van der Waals surface area contributed by atoms with Gasteiger partial charge in [-0.1, -0.05) is 6.07 Å². The smallest absolute Gasteiger partial charge is 0.271 e. The Morgan fingerprint density at radius 2 is 2.00 bits per heavy atom. The van der Waals surface area contributed by atoms with Crippen LogP contribution < -0.4 is 15.1 Å². The zero-order valence-corrected chi connectivity index (χ0v) is 16.4. The number of hydrogen-bond donors (Lipinski definition) is 1. The molecule has 3 aromatic rings. The average Bonchev–Trinajstić information content (AvgIpc) is 2.72. The van der Waals surface area contributed by atoms with E-state index in [0.29, 0.717) is 16.9 Å². The third kappa shape index (κ3) is 5.49. The minimum atomic E-state index is -0.721. The highest BCUT2D eigenvalue weighted by Crippen LogP contribution is 2.23. The van der Waals surface area contributed by atoms with Crippen LogP contribution in [0.2, 0.25) is 5.28 Å². The highest BCUT2D eigenvalue weighted by molar-refractivity contribution is 6.28. The molecule has 3 rings (SSSR count). The van der Waals surface area contributed by atoms with Gasteiger partial charge in [0.1, 0.15) is 5.75 Å². The molecule has 0 unspecified atom stereocenters. The number of hydrazone groups is 1. The first-order chi connectivity index (χ1) is 13.9. The van der Waals surface area contributed by atoms with Crippen LogP contribution >= 0.6 is 11.6 Å². The molecule has 9 heteroatoms. The molecule has 7 nitrogen and oxygen atoms in total. The maximum atomic E-state index is 13.6. The Labute approximate surface area is 171 Å². The van der Waals surface area contributed by atoms with E-state index in [2.05, 4.69) is 20.5 Å². The molecule has 0 bridgehead atoms. The number of amides is 1. The van der Waals surface area contributed by atoms with E-state index in [9.17, 15) is 9.18 Å². The molecular formula is C20H17ClFN5O2. The molecule has 1 aromatic heterocycles. The Morgan fingerprint density at radius 1 is 1.24 bits per heavy atom. The Morgan fingerprint density at radius 3 is 2.72 bits per heavy atom. The third-order valence-corrected chi connectivity index (χ3v) is 3.96. The summed E-state index contributed by atoms with van der Waals surface area (Å²) in [7, 11) is 3.80. The van der Waals surface area contributed by atoms with E-state index in [1.54, 1.807) is 42.5 Å². The average molecular weight is 414 g/mol. The molecule has 1 heterocycles. The molecule has 29 heavy (non-hydrogen) atoms. The van der Waals surface area contributed by atoms with Gasteiger partial charge in [-0.2, -0.15) is 14.5 Å². The van der Waals surface area contributed by atoms with Crippen LogP contribution in [0.5, 0.6) is 11.6 Å². The van der Waals surface area contributed by atoms with Gasteiger partial charge in [0.05, 0.1) is 12.4 Å². The molecule has 0 aliphatic rings. The Bertz CT molecular complexity index is 1040. The van der Waals surface area contributed by atoms with E-state index >= 15 is 0 Å². The first-order valence-electron chi connectivity index (χ1n) is 8.49. The number of nitrogens with zero attached hydrogens (tertiary/aromatic N) is 4. The van der Waals surface area contributed by atoms with Gasteiger partial charge in [0.2, 0.25) is 11.1 Å². The van der Waals surface area contributed by atoms with E-state index in [4.69, 9.17) is 16.3 Å². The number of anilines is 1. The summed E-state index contributed by atoms with van der Waals surface area (Å²) in [4.78, 5) is 21.3. The number of carbonyl (C=O) groups is 1. The second-order valence-corrected chi connectivity index (χ2v) is 6.45. The van der Waals surface area contributed by atoms with Crippen molar-refractivity contribution in [3.63, 3.8) is 0 Å². The molecule has 148 valence electrons. The molecule has 0 atom stereocenters. The quantitative estimate of drug-likeness (QED) is 0.376. The summed E-state index contributed by atoms with van der Waals surface area (Å²) >= 11 is 5.64. The van der Waals surface area contributed by atoms with Crippen molar-refractivity contribution in [2.45, 2.75) is 0 Å². The van der Waals surface area contributed by atoms with E-state index in [1.807, 2.05) is 25.1 Å². The number of halogens is 2. The van der Waals surface area contributed by atoms with Crippen LogP contribution in [0.15, 0.2) is 59.8 Å². The molecule has 1 N–H and O–H groups in total. The van der Waals surface area contributed by atoms with Crippen LogP contribution in [0.4, 0.5) is 10.1 Å². The van der Waals surface area contributed by atoms with Crippen molar-refractivity contribution >= 4 is 29.4 Å². The lowest BCUT2D eigenvalue weighted by Crippen LogP contribution is -2.18. The zero-order valence-electron chi connectivity index (χ0n) is 15.6. The minimum Gasteiger partial charge on any atom is -0.436 e. The Kier molecular flexibility index (Phi) is 6.36. The van der Waals surface area contributed by atoms with Gasteiger partial charge in [0, 0.05) is 25.3 Å². The number of benzene rings is 2. The molecule has 0 spiro atoms. The van der Waals surface area contributed by atoms with Crippen LogP contribution in [0.25, 0.3) is 0 Å². The van der Waals surface area contributed by atoms with Gasteiger partial charge in [-0.3, -0.25) is 4.79 Å². The highest BCUT2D eigenvalue weighted by Gasteiger charge is 2.09. The van der Waals surface area contributed by atoms with Crippen molar-refractivity contribution in [3.05, 3.63) is 77.0 Å². The molecule has 0 saturated heterocycles. The topological polar surface area (TPSA) is 79.7 Å². The van der Waals surface area contributed by atoms with Gasteiger partial charge in [0.25, 0.3) is 11.8 Å². The van der Waals surface area contributed by atoms with Gasteiger partial charge < -0.3 is 9.64 Å². The maximum Gasteiger partial charge on any atom is 0.271 e. The zero-order chi connectivity index (χ0) is 20.8. The summed E-state index contributed by atoms with van der Waals surface area (Å²) in [5, 5.41) is 3.84. The number of carbonyl (C=O) groups excluding carboxylic acids is 1. The first-order valence-corrected chi connectivity index (χ1v) is 8.87. The van der Waals surface area contributed by atoms with Crippen molar-refractivity contribution in [2.24, 2.45) is 5.10 Å². The van der Waals surface area contributed by atoms with Crippen molar-refractivity contribution < 1.29 is 13.9 Å². The Balaban J connectivity index is 1.61. The van der Waals surface area contributed by atoms with E-state index in [1.165, 1.54) is 6.21 Å². The molecule has 0 aliphatic heterocycles. The fraction of sp³-hybridized carbons (Fsp3) is 0.100. The van der Waals surface area contributed by atoms with Crippen LogP contribution in [0.1, 0.15) is 15.9 Å². The van der Waals surface area contributed by atoms with Crippen LogP contribution in [-0.4, -0.2) is 36.2 Å². The standard InChI is InChI=1S/C20H17ClFN5O2/c1-27(2)15-5-3-4-14(10-15)18(28)26-24-11-13-6-8-16(9-7-13)29-19-17(22)12-23-20(21)25-19/h3-12H,1-2H3,(H,26,28)/b24-11-. The summed E-state index contributed by atoms with van der Waals surface area (Å²) in [5.41, 5.74) is 4.61. The van der Waals surface area contributed by atoms with Gasteiger partial charge in [0.15, 0.2) is 0 Å². The van der Waals surface area contributed by atoms with Gasteiger partial charge in [-0.05, 0) is 59.6 Å². The molecule has 0 radical (unpaired) electrons. The monoisotopic (exact) mass is 413 g/mol. The lowest BCUT2D eigenvalue weighted by Gasteiger charge is -2.12. The predicted molar refractivity (Wildman–Crippen MR) is 109 cm³/mol. The van der Waals surface area contributed by atoms with E-state index in [-0.39, 0.29) is 17.1 Å². The summed E-state index contributed by atoms with van der Waals surface area (Å²) in [5.74, 6) is -0.943. The number of rotatable bonds is 6. The largest absolute Gasteiger partial charge is 0.436 e.